The standard InChI is InChI=1S/C31H23N2O2.C18H24NSi.Ir/c1-19(2)15-20-11-14-28-24(16-20)25(18-34-28)31-32-26-8-4-5-9-27(26)33(31)21-12-13-23-22-7-3-6-10-29(22)35-30(23)17-21;1-14(2)11-16-12-17(15-9-7-6-8-10-15)19-13-18(16)20(3,4)5;/h3-14,16-17,19H,15H2,1-2H3;6-9,12-14H,11H2,1-5H3;/q2*-1;. The maximum Gasteiger partial charge on any atom is 0.137 e. The molecule has 0 aliphatic rings. The SMILES string of the molecule is CC(C)Cc1cc(-c2[c-]cccc2)ncc1[Si](C)(C)C.CC(C)Cc1ccc2o[c-]c(-c3nc4ccccc4n3-c3ccc4c(c3)oc3ccccc34)c2c1.[Ir]. The maximum absolute atomic E-state index is 6.20. The number of rotatable bonds is 8. The molecule has 0 atom stereocenters. The number of pyridine rings is 1. The van der Waals surface area contributed by atoms with Gasteiger partial charge in [0, 0.05) is 60.7 Å². The first-order chi connectivity index (χ1) is 26.5. The molecule has 5 aromatic carbocycles. The molecule has 0 aliphatic heterocycles. The minimum absolute atomic E-state index is 0. The van der Waals surface area contributed by atoms with Crippen LogP contribution in [0.2, 0.25) is 19.6 Å². The number of benzene rings is 5. The van der Waals surface area contributed by atoms with Gasteiger partial charge in [-0.25, -0.2) is 0 Å². The van der Waals surface area contributed by atoms with Crippen molar-refractivity contribution in [1.29, 1.82) is 0 Å². The summed E-state index contributed by atoms with van der Waals surface area (Å²) >= 11 is 0. The van der Waals surface area contributed by atoms with Crippen molar-refractivity contribution in [2.24, 2.45) is 11.8 Å². The molecule has 0 saturated heterocycles. The first kappa shape index (κ1) is 39.2. The van der Waals surface area contributed by atoms with Crippen molar-refractivity contribution >= 4 is 57.2 Å². The Morgan fingerprint density at radius 2 is 1.46 bits per heavy atom. The molecule has 285 valence electrons. The first-order valence-electron chi connectivity index (χ1n) is 19.3. The van der Waals surface area contributed by atoms with E-state index in [1.807, 2.05) is 60.7 Å². The van der Waals surface area contributed by atoms with Gasteiger partial charge in [0.1, 0.15) is 11.2 Å². The molecular weight excluding hydrogens is 883 g/mol. The van der Waals surface area contributed by atoms with E-state index in [0.717, 1.165) is 85.1 Å². The molecule has 0 unspecified atom stereocenters. The molecule has 0 spiro atoms. The topological polar surface area (TPSA) is 57.0 Å². The number of imidazole rings is 1. The summed E-state index contributed by atoms with van der Waals surface area (Å²) in [5.41, 5.74) is 11.3. The van der Waals surface area contributed by atoms with Crippen LogP contribution >= 0.6 is 0 Å². The largest absolute Gasteiger partial charge is 0.557 e. The first-order valence-corrected chi connectivity index (χ1v) is 22.8. The molecule has 4 heterocycles. The van der Waals surface area contributed by atoms with Crippen molar-refractivity contribution in [2.45, 2.75) is 60.2 Å². The van der Waals surface area contributed by atoms with Crippen LogP contribution < -0.4 is 5.19 Å². The summed E-state index contributed by atoms with van der Waals surface area (Å²) in [4.78, 5) is 9.72. The molecule has 0 fully saturated rings. The van der Waals surface area contributed by atoms with Crippen LogP contribution in [0.3, 0.4) is 0 Å². The minimum Gasteiger partial charge on any atom is -0.557 e. The van der Waals surface area contributed by atoms with Crippen LogP contribution in [0.4, 0.5) is 0 Å². The van der Waals surface area contributed by atoms with E-state index in [0.29, 0.717) is 11.8 Å². The Hall–Kier alpha value is -5.07. The van der Waals surface area contributed by atoms with E-state index in [1.165, 1.54) is 16.3 Å². The van der Waals surface area contributed by atoms with Crippen molar-refractivity contribution in [2.75, 3.05) is 0 Å². The molecule has 0 amide bonds. The van der Waals surface area contributed by atoms with Gasteiger partial charge in [0.25, 0.3) is 0 Å². The fourth-order valence-electron chi connectivity index (χ4n) is 7.58. The van der Waals surface area contributed by atoms with E-state index in [2.05, 4.69) is 130 Å². The zero-order chi connectivity index (χ0) is 38.3. The van der Waals surface area contributed by atoms with Crippen LogP contribution in [0.5, 0.6) is 0 Å². The molecule has 9 aromatic rings. The third-order valence-corrected chi connectivity index (χ3v) is 12.1. The van der Waals surface area contributed by atoms with Crippen LogP contribution in [0.1, 0.15) is 38.8 Å². The van der Waals surface area contributed by atoms with E-state index in [4.69, 9.17) is 13.8 Å². The average Bonchev–Trinajstić information content (AvgIpc) is 3.87. The van der Waals surface area contributed by atoms with Crippen molar-refractivity contribution in [3.8, 4) is 28.3 Å². The second-order valence-corrected chi connectivity index (χ2v) is 21.4. The van der Waals surface area contributed by atoms with Crippen LogP contribution in [0.15, 0.2) is 130 Å². The smallest absolute Gasteiger partial charge is 0.137 e. The van der Waals surface area contributed by atoms with E-state index >= 15 is 0 Å². The fourth-order valence-corrected chi connectivity index (χ4v) is 9.17. The predicted octanol–water partition coefficient (Wildman–Crippen LogP) is 12.6. The van der Waals surface area contributed by atoms with Gasteiger partial charge in [-0.2, -0.15) is 0 Å². The van der Waals surface area contributed by atoms with Crippen LogP contribution in [0, 0.1) is 24.2 Å². The van der Waals surface area contributed by atoms with E-state index in [9.17, 15) is 0 Å². The second-order valence-electron chi connectivity index (χ2n) is 16.4. The fraction of sp³-hybridized carbons (Fsp3) is 0.224. The number of fused-ring (bicyclic) bond motifs is 5. The maximum atomic E-state index is 6.20. The van der Waals surface area contributed by atoms with Gasteiger partial charge in [-0.1, -0.05) is 124 Å². The third-order valence-electron chi connectivity index (χ3n) is 10.0. The van der Waals surface area contributed by atoms with Gasteiger partial charge in [-0.15, -0.1) is 35.9 Å². The Labute approximate surface area is 344 Å². The van der Waals surface area contributed by atoms with Gasteiger partial charge in [-0.05, 0) is 65.9 Å². The second kappa shape index (κ2) is 16.2. The molecule has 7 heteroatoms. The molecule has 5 nitrogen and oxygen atoms in total. The van der Waals surface area contributed by atoms with Gasteiger partial charge in [0.05, 0.1) is 24.9 Å². The Bertz CT molecular complexity index is 2770. The quantitative estimate of drug-likeness (QED) is 0.113. The molecule has 4 aromatic heterocycles. The molecular formula is C49H47IrN3O2Si-2. The summed E-state index contributed by atoms with van der Waals surface area (Å²) in [6.07, 6.45) is 7.41. The van der Waals surface area contributed by atoms with Gasteiger partial charge in [0.15, 0.2) is 0 Å². The van der Waals surface area contributed by atoms with Gasteiger partial charge >= 0.3 is 0 Å². The Morgan fingerprint density at radius 3 is 2.23 bits per heavy atom. The van der Waals surface area contributed by atoms with Crippen LogP contribution in [0.25, 0.3) is 72.3 Å². The number of para-hydroxylation sites is 3. The van der Waals surface area contributed by atoms with Gasteiger partial charge < -0.3 is 18.4 Å². The number of furan rings is 2. The summed E-state index contributed by atoms with van der Waals surface area (Å²) in [5, 5.41) is 4.75. The van der Waals surface area contributed by atoms with Crippen LogP contribution in [-0.2, 0) is 32.9 Å². The summed E-state index contributed by atoms with van der Waals surface area (Å²) in [6, 6.07) is 42.7. The summed E-state index contributed by atoms with van der Waals surface area (Å²) in [7, 11) is -1.34. The van der Waals surface area contributed by atoms with Gasteiger partial charge in [0.2, 0.25) is 0 Å². The molecule has 9 rings (SSSR count). The molecule has 0 bridgehead atoms. The zero-order valence-corrected chi connectivity index (χ0v) is 36.5. The van der Waals surface area contributed by atoms with Crippen molar-refractivity contribution in [1.82, 2.24) is 14.5 Å². The summed E-state index contributed by atoms with van der Waals surface area (Å²) in [5.74, 6) is 2.05. The van der Waals surface area contributed by atoms with Gasteiger partial charge in [-0.3, -0.25) is 4.98 Å². The van der Waals surface area contributed by atoms with Crippen LogP contribution in [-0.4, -0.2) is 22.6 Å². The summed E-state index contributed by atoms with van der Waals surface area (Å²) < 4.78 is 14.2. The van der Waals surface area contributed by atoms with Crippen molar-refractivity contribution in [3.05, 3.63) is 145 Å². The number of hydrogen-bond donors (Lipinski definition) is 0. The molecule has 0 aliphatic carbocycles. The summed E-state index contributed by atoms with van der Waals surface area (Å²) in [6.45, 7) is 16.2. The zero-order valence-electron chi connectivity index (χ0n) is 33.1. The van der Waals surface area contributed by atoms with Crippen molar-refractivity contribution in [3.63, 3.8) is 0 Å². The molecule has 1 radical (unpaired) electrons. The Balaban J connectivity index is 0.000000197. The minimum atomic E-state index is -1.34. The Morgan fingerprint density at radius 1 is 0.714 bits per heavy atom. The normalized spacial score (nSPS) is 11.8. The van der Waals surface area contributed by atoms with Crippen molar-refractivity contribution < 1.29 is 28.9 Å². The van der Waals surface area contributed by atoms with E-state index < -0.39 is 8.07 Å². The van der Waals surface area contributed by atoms with E-state index in [1.54, 1.807) is 0 Å². The number of hydrogen-bond acceptors (Lipinski definition) is 4. The number of nitrogens with zero attached hydrogens (tertiary/aromatic N) is 3. The molecule has 0 saturated carbocycles. The third kappa shape index (κ3) is 7.95. The Kier molecular flexibility index (Phi) is 11.3. The molecule has 0 N–H and O–H groups in total. The predicted molar refractivity (Wildman–Crippen MR) is 231 cm³/mol. The molecule has 56 heavy (non-hydrogen) atoms. The number of aromatic nitrogens is 3. The monoisotopic (exact) mass is 930 g/mol. The average molecular weight is 930 g/mol. The van der Waals surface area contributed by atoms with E-state index in [-0.39, 0.29) is 20.1 Å².